The monoisotopic (exact) mass is 223 g/mol. The van der Waals surface area contributed by atoms with Gasteiger partial charge in [-0.15, -0.1) is 0 Å². The second kappa shape index (κ2) is 5.13. The van der Waals surface area contributed by atoms with Crippen molar-refractivity contribution in [2.24, 2.45) is 0 Å². The minimum absolute atomic E-state index is 0.137. The fourth-order valence-electron chi connectivity index (χ4n) is 1.77. The van der Waals surface area contributed by atoms with E-state index in [1.54, 1.807) is 6.92 Å². The molecule has 1 aliphatic rings. The molecule has 0 aromatic carbocycles. The Morgan fingerprint density at radius 3 is 2.81 bits per heavy atom. The predicted molar refractivity (Wildman–Crippen MR) is 59.5 cm³/mol. The van der Waals surface area contributed by atoms with Crippen molar-refractivity contribution in [3.8, 4) is 0 Å². The fraction of sp³-hybridized carbons (Fsp3) is 0.667. The molecule has 0 N–H and O–H groups in total. The van der Waals surface area contributed by atoms with E-state index in [4.69, 9.17) is 16.0 Å². The summed E-state index contributed by atoms with van der Waals surface area (Å²) in [5.41, 5.74) is 0.693. The van der Waals surface area contributed by atoms with Gasteiger partial charge in [-0.2, -0.15) is 0 Å². The summed E-state index contributed by atoms with van der Waals surface area (Å²) < 4.78 is 10.4. The quantitative estimate of drug-likeness (QED) is 0.410. The Labute approximate surface area is 96.0 Å². The van der Waals surface area contributed by atoms with E-state index >= 15 is 0 Å². The van der Waals surface area contributed by atoms with Gasteiger partial charge in [0.25, 0.3) is 5.70 Å². The molecule has 0 saturated carbocycles. The number of carbonyl (C=O) groups excluding carboxylic acids is 1. The first-order valence-electron chi connectivity index (χ1n) is 5.40. The lowest BCUT2D eigenvalue weighted by molar-refractivity contribution is -0.138. The molecule has 1 heterocycles. The van der Waals surface area contributed by atoms with Gasteiger partial charge in [-0.1, -0.05) is 5.57 Å². The van der Waals surface area contributed by atoms with Crippen molar-refractivity contribution in [2.45, 2.75) is 39.2 Å². The highest BCUT2D eigenvalue weighted by Crippen LogP contribution is 2.30. The van der Waals surface area contributed by atoms with Crippen LogP contribution in [-0.2, 0) is 14.3 Å². The molecule has 4 heteroatoms. The number of hydrogen-bond donors (Lipinski definition) is 0. The van der Waals surface area contributed by atoms with Crippen LogP contribution in [0.3, 0.4) is 0 Å². The van der Waals surface area contributed by atoms with Crippen molar-refractivity contribution in [2.75, 3.05) is 13.2 Å². The molecule has 1 rings (SSSR count). The Morgan fingerprint density at radius 2 is 2.31 bits per heavy atom. The summed E-state index contributed by atoms with van der Waals surface area (Å²) in [6.45, 7) is 13.6. The third kappa shape index (κ3) is 3.07. The maximum atomic E-state index is 11.5. The Kier molecular flexibility index (Phi) is 4.08. The normalized spacial score (nSPS) is 22.1. The predicted octanol–water partition coefficient (Wildman–Crippen LogP) is 2.31. The van der Waals surface area contributed by atoms with Gasteiger partial charge in [0.15, 0.2) is 0 Å². The Hall–Kier alpha value is -1.34. The molecule has 0 amide bonds. The third-order valence-corrected chi connectivity index (χ3v) is 2.45. The number of carbonyl (C=O) groups is 1. The number of ether oxygens (including phenoxy) is 2. The second-order valence-electron chi connectivity index (χ2n) is 4.32. The molecular weight excluding hydrogens is 206 g/mol. The maximum absolute atomic E-state index is 11.5. The number of esters is 1. The van der Waals surface area contributed by atoms with Gasteiger partial charge in [-0.3, -0.25) is 4.79 Å². The SMILES string of the molecule is [C-]#[N+]/C(C(=O)OCC)=C1/CCOC(C)(C)C1. The van der Waals surface area contributed by atoms with Gasteiger partial charge in [-0.25, -0.2) is 4.85 Å². The van der Waals surface area contributed by atoms with E-state index in [-0.39, 0.29) is 11.3 Å². The van der Waals surface area contributed by atoms with Crippen molar-refractivity contribution in [1.29, 1.82) is 0 Å². The van der Waals surface area contributed by atoms with E-state index in [1.807, 2.05) is 13.8 Å². The van der Waals surface area contributed by atoms with Crippen LogP contribution < -0.4 is 0 Å². The van der Waals surface area contributed by atoms with Gasteiger partial charge in [0.05, 0.1) is 18.8 Å². The second-order valence-corrected chi connectivity index (χ2v) is 4.32. The van der Waals surface area contributed by atoms with Gasteiger partial charge in [0.1, 0.15) is 0 Å². The lowest BCUT2D eigenvalue weighted by Gasteiger charge is -2.32. The molecule has 1 aliphatic heterocycles. The van der Waals surface area contributed by atoms with Gasteiger partial charge < -0.3 is 9.47 Å². The minimum atomic E-state index is -0.509. The highest BCUT2D eigenvalue weighted by Gasteiger charge is 2.29. The van der Waals surface area contributed by atoms with Crippen LogP contribution in [0.25, 0.3) is 4.85 Å². The summed E-state index contributed by atoms with van der Waals surface area (Å²) >= 11 is 0. The molecule has 0 atom stereocenters. The maximum Gasteiger partial charge on any atom is 0.336 e. The van der Waals surface area contributed by atoms with Crippen molar-refractivity contribution in [3.05, 3.63) is 22.7 Å². The summed E-state index contributed by atoms with van der Waals surface area (Å²) in [5.74, 6) is -0.509. The zero-order chi connectivity index (χ0) is 12.2. The average molecular weight is 223 g/mol. The molecule has 16 heavy (non-hydrogen) atoms. The molecule has 0 spiro atoms. The smallest absolute Gasteiger partial charge is 0.336 e. The number of rotatable bonds is 2. The van der Waals surface area contributed by atoms with Crippen molar-refractivity contribution in [3.63, 3.8) is 0 Å². The fourth-order valence-corrected chi connectivity index (χ4v) is 1.77. The Morgan fingerprint density at radius 1 is 1.62 bits per heavy atom. The molecule has 0 radical (unpaired) electrons. The van der Waals surface area contributed by atoms with Gasteiger partial charge in [-0.05, 0) is 33.6 Å². The molecule has 0 aromatic rings. The third-order valence-electron chi connectivity index (χ3n) is 2.45. The topological polar surface area (TPSA) is 39.9 Å². The van der Waals surface area contributed by atoms with Crippen molar-refractivity contribution < 1.29 is 14.3 Å². The first-order chi connectivity index (χ1) is 7.50. The standard InChI is InChI=1S/C12H17NO3/c1-5-15-11(14)10(13-4)9-6-7-16-12(2,3)8-9/h5-8H2,1-3H3/b10-9-. The number of hydrogen-bond acceptors (Lipinski definition) is 3. The highest BCUT2D eigenvalue weighted by atomic mass is 16.5. The van der Waals surface area contributed by atoms with Gasteiger partial charge >= 0.3 is 5.97 Å². The van der Waals surface area contributed by atoms with E-state index in [0.717, 1.165) is 5.57 Å². The summed E-state index contributed by atoms with van der Waals surface area (Å²) in [7, 11) is 0. The Bertz CT molecular complexity index is 350. The first-order valence-corrected chi connectivity index (χ1v) is 5.40. The number of nitrogens with zero attached hydrogens (tertiary/aromatic N) is 1. The van der Waals surface area contributed by atoms with Crippen LogP contribution >= 0.6 is 0 Å². The summed E-state index contributed by atoms with van der Waals surface area (Å²) in [6, 6.07) is 0. The molecule has 88 valence electrons. The molecule has 0 bridgehead atoms. The molecule has 0 aliphatic carbocycles. The molecular formula is C12H17NO3. The van der Waals surface area contributed by atoms with E-state index in [9.17, 15) is 4.79 Å². The van der Waals surface area contributed by atoms with E-state index in [1.165, 1.54) is 0 Å². The highest BCUT2D eigenvalue weighted by molar-refractivity contribution is 5.91. The van der Waals surface area contributed by atoms with Crippen LogP contribution in [-0.4, -0.2) is 24.8 Å². The molecule has 0 aromatic heterocycles. The summed E-state index contributed by atoms with van der Waals surface area (Å²) in [4.78, 5) is 14.8. The summed E-state index contributed by atoms with van der Waals surface area (Å²) in [5, 5.41) is 0. The minimum Gasteiger partial charge on any atom is -0.471 e. The van der Waals surface area contributed by atoms with E-state index in [0.29, 0.717) is 26.1 Å². The molecule has 0 unspecified atom stereocenters. The van der Waals surface area contributed by atoms with Crippen LogP contribution in [0.4, 0.5) is 0 Å². The Balaban J connectivity index is 2.92. The zero-order valence-electron chi connectivity index (χ0n) is 10.0. The molecule has 1 saturated heterocycles. The van der Waals surface area contributed by atoms with Crippen molar-refractivity contribution >= 4 is 5.97 Å². The molecule has 1 fully saturated rings. The molecule has 4 nitrogen and oxygen atoms in total. The van der Waals surface area contributed by atoms with Crippen LogP contribution in [0.1, 0.15) is 33.6 Å². The van der Waals surface area contributed by atoms with Gasteiger partial charge in [0, 0.05) is 6.61 Å². The van der Waals surface area contributed by atoms with Crippen LogP contribution in [0.15, 0.2) is 11.3 Å². The largest absolute Gasteiger partial charge is 0.471 e. The average Bonchev–Trinajstić information content (AvgIpc) is 2.17. The lowest BCUT2D eigenvalue weighted by atomic mass is 9.92. The van der Waals surface area contributed by atoms with E-state index in [2.05, 4.69) is 4.85 Å². The zero-order valence-corrected chi connectivity index (χ0v) is 10.0. The van der Waals surface area contributed by atoms with Crippen molar-refractivity contribution in [1.82, 2.24) is 0 Å². The lowest BCUT2D eigenvalue weighted by Crippen LogP contribution is -2.31. The van der Waals surface area contributed by atoms with Gasteiger partial charge in [0.2, 0.25) is 0 Å². The summed E-state index contributed by atoms with van der Waals surface area (Å²) in [6.07, 6.45) is 1.25. The van der Waals surface area contributed by atoms with E-state index < -0.39 is 5.97 Å². The first kappa shape index (κ1) is 12.7. The van der Waals surface area contributed by atoms with Crippen LogP contribution in [0.5, 0.6) is 0 Å². The van der Waals surface area contributed by atoms with Crippen LogP contribution in [0.2, 0.25) is 0 Å². The van der Waals surface area contributed by atoms with Crippen LogP contribution in [0, 0.1) is 6.57 Å².